The third-order valence-corrected chi connectivity index (χ3v) is 2.83. The van der Waals surface area contributed by atoms with Gasteiger partial charge in [-0.15, -0.1) is 0 Å². The molecule has 74 valence electrons. The second-order valence-corrected chi connectivity index (χ2v) is 3.82. The Labute approximate surface area is 84.6 Å². The fourth-order valence-corrected chi connectivity index (χ4v) is 1.95. The molecule has 2 aromatic rings. The van der Waals surface area contributed by atoms with Crippen LogP contribution in [0, 0.1) is 6.92 Å². The van der Waals surface area contributed by atoms with Crippen molar-refractivity contribution in [2.75, 3.05) is 0 Å². The van der Waals surface area contributed by atoms with E-state index in [0.717, 1.165) is 11.9 Å². The first kappa shape index (κ1) is 9.25. The van der Waals surface area contributed by atoms with Crippen LogP contribution in [0.5, 0.6) is 0 Å². The van der Waals surface area contributed by atoms with Crippen LogP contribution in [0.25, 0.3) is 11.0 Å². The molecule has 0 aliphatic carbocycles. The fourth-order valence-electron chi connectivity index (χ4n) is 1.95. The lowest BCUT2D eigenvalue weighted by molar-refractivity contribution is 0.537. The molecule has 0 radical (unpaired) electrons. The Kier molecular flexibility index (Phi) is 2.28. The van der Waals surface area contributed by atoms with Crippen LogP contribution in [0.1, 0.15) is 32.0 Å². The molecule has 14 heavy (non-hydrogen) atoms. The molecule has 0 saturated heterocycles. The molecule has 2 heteroatoms. The van der Waals surface area contributed by atoms with Crippen molar-refractivity contribution in [3.63, 3.8) is 0 Å². The number of fused-ring (bicyclic) bond motifs is 1. The van der Waals surface area contributed by atoms with Gasteiger partial charge in [0.25, 0.3) is 0 Å². The van der Waals surface area contributed by atoms with Crippen LogP contribution in [0.2, 0.25) is 0 Å². The van der Waals surface area contributed by atoms with Gasteiger partial charge >= 0.3 is 0 Å². The zero-order valence-corrected chi connectivity index (χ0v) is 8.99. The molecular weight excluding hydrogens is 172 g/mol. The predicted molar refractivity (Wildman–Crippen MR) is 59.5 cm³/mol. The maximum absolute atomic E-state index is 4.36. The molecule has 0 saturated carbocycles. The highest BCUT2D eigenvalue weighted by Crippen LogP contribution is 2.23. The van der Waals surface area contributed by atoms with Crippen LogP contribution in [0.3, 0.4) is 0 Å². The largest absolute Gasteiger partial charge is 0.341 e. The molecule has 2 nitrogen and oxygen atoms in total. The fraction of sp³-hybridized carbons (Fsp3) is 0.417. The van der Waals surface area contributed by atoms with E-state index in [9.17, 15) is 0 Å². The van der Waals surface area contributed by atoms with E-state index in [1.807, 2.05) is 12.3 Å². The van der Waals surface area contributed by atoms with Gasteiger partial charge < -0.3 is 4.57 Å². The lowest BCUT2D eigenvalue weighted by atomic mass is 10.2. The Morgan fingerprint density at radius 1 is 1.50 bits per heavy atom. The van der Waals surface area contributed by atoms with Crippen molar-refractivity contribution in [2.45, 2.75) is 33.2 Å². The zero-order chi connectivity index (χ0) is 10.1. The van der Waals surface area contributed by atoms with Crippen molar-refractivity contribution < 1.29 is 0 Å². The minimum atomic E-state index is 0.552. The van der Waals surface area contributed by atoms with E-state index in [2.05, 4.69) is 42.5 Å². The summed E-state index contributed by atoms with van der Waals surface area (Å²) < 4.78 is 2.36. The highest BCUT2D eigenvalue weighted by atomic mass is 15.0. The minimum absolute atomic E-state index is 0.552. The van der Waals surface area contributed by atoms with E-state index >= 15 is 0 Å². The molecule has 1 atom stereocenters. The monoisotopic (exact) mass is 188 g/mol. The van der Waals surface area contributed by atoms with Crippen molar-refractivity contribution in [1.29, 1.82) is 0 Å². The summed E-state index contributed by atoms with van der Waals surface area (Å²) in [4.78, 5) is 4.36. The smallest absolute Gasteiger partial charge is 0.0883 e. The molecule has 0 aliphatic rings. The zero-order valence-electron chi connectivity index (χ0n) is 8.99. The number of aromatic nitrogens is 2. The van der Waals surface area contributed by atoms with Crippen LogP contribution in [-0.2, 0) is 0 Å². The maximum atomic E-state index is 4.36. The van der Waals surface area contributed by atoms with Gasteiger partial charge in [0, 0.05) is 17.9 Å². The quantitative estimate of drug-likeness (QED) is 0.707. The third kappa shape index (κ3) is 1.31. The number of nitrogens with zero attached hydrogens (tertiary/aromatic N) is 2. The number of pyridine rings is 1. The van der Waals surface area contributed by atoms with Crippen LogP contribution in [-0.4, -0.2) is 9.55 Å². The summed E-state index contributed by atoms with van der Waals surface area (Å²) in [5.74, 6) is 0. The van der Waals surface area contributed by atoms with Gasteiger partial charge in [-0.2, -0.15) is 0 Å². The molecule has 0 aliphatic heterocycles. The average Bonchev–Trinajstić information content (AvgIpc) is 2.53. The van der Waals surface area contributed by atoms with Gasteiger partial charge in [0.1, 0.15) is 0 Å². The normalized spacial score (nSPS) is 13.4. The van der Waals surface area contributed by atoms with Gasteiger partial charge in [-0.25, -0.2) is 0 Å². The molecule has 2 aromatic heterocycles. The first-order valence-electron chi connectivity index (χ1n) is 5.16. The van der Waals surface area contributed by atoms with Gasteiger partial charge in [0.2, 0.25) is 0 Å². The third-order valence-electron chi connectivity index (χ3n) is 2.83. The number of hydrogen-bond donors (Lipinski definition) is 0. The molecule has 0 amide bonds. The summed E-state index contributed by atoms with van der Waals surface area (Å²) in [6.07, 6.45) is 3.00. The van der Waals surface area contributed by atoms with Crippen molar-refractivity contribution in [3.8, 4) is 0 Å². The summed E-state index contributed by atoms with van der Waals surface area (Å²) in [7, 11) is 0. The van der Waals surface area contributed by atoms with E-state index in [-0.39, 0.29) is 0 Å². The van der Waals surface area contributed by atoms with Crippen molar-refractivity contribution in [3.05, 3.63) is 30.1 Å². The average molecular weight is 188 g/mol. The van der Waals surface area contributed by atoms with E-state index in [1.165, 1.54) is 11.2 Å². The molecule has 0 N–H and O–H groups in total. The van der Waals surface area contributed by atoms with Crippen LogP contribution in [0.4, 0.5) is 0 Å². The summed E-state index contributed by atoms with van der Waals surface area (Å²) >= 11 is 0. The molecule has 0 aromatic carbocycles. The molecule has 2 heterocycles. The number of rotatable bonds is 2. The molecule has 0 fully saturated rings. The van der Waals surface area contributed by atoms with Crippen LogP contribution < -0.4 is 0 Å². The Morgan fingerprint density at radius 3 is 3.00 bits per heavy atom. The van der Waals surface area contributed by atoms with Gasteiger partial charge in [-0.05, 0) is 38.5 Å². The van der Waals surface area contributed by atoms with Gasteiger partial charge in [-0.3, -0.25) is 4.98 Å². The second-order valence-electron chi connectivity index (χ2n) is 3.82. The van der Waals surface area contributed by atoms with Gasteiger partial charge in [-0.1, -0.05) is 6.92 Å². The Morgan fingerprint density at radius 2 is 2.29 bits per heavy atom. The van der Waals surface area contributed by atoms with Crippen LogP contribution >= 0.6 is 0 Å². The first-order valence-corrected chi connectivity index (χ1v) is 5.16. The summed E-state index contributed by atoms with van der Waals surface area (Å²) in [5, 5.41) is 0. The van der Waals surface area contributed by atoms with Crippen molar-refractivity contribution >= 4 is 11.0 Å². The standard InChI is InChI=1S/C12H16N2/c1-4-9(2)14-10(3)8-11-12(14)6-5-7-13-11/h5-9H,4H2,1-3H3/t9-/m0/s1. The van der Waals surface area contributed by atoms with E-state index < -0.39 is 0 Å². The lowest BCUT2D eigenvalue weighted by Crippen LogP contribution is -2.04. The summed E-state index contributed by atoms with van der Waals surface area (Å²) in [6, 6.07) is 6.85. The molecular formula is C12H16N2. The van der Waals surface area contributed by atoms with Crippen molar-refractivity contribution in [1.82, 2.24) is 9.55 Å². The van der Waals surface area contributed by atoms with E-state index in [4.69, 9.17) is 0 Å². The maximum Gasteiger partial charge on any atom is 0.0883 e. The SMILES string of the molecule is CC[C@H](C)n1c(C)cc2ncccc21. The van der Waals surface area contributed by atoms with E-state index in [0.29, 0.717) is 6.04 Å². The molecule has 2 rings (SSSR count). The van der Waals surface area contributed by atoms with E-state index in [1.54, 1.807) is 0 Å². The highest BCUT2D eigenvalue weighted by molar-refractivity contribution is 5.76. The van der Waals surface area contributed by atoms with Crippen LogP contribution in [0.15, 0.2) is 24.4 Å². The van der Waals surface area contributed by atoms with Gasteiger partial charge in [0.15, 0.2) is 0 Å². The van der Waals surface area contributed by atoms with Crippen molar-refractivity contribution in [2.24, 2.45) is 0 Å². The number of hydrogen-bond acceptors (Lipinski definition) is 1. The minimum Gasteiger partial charge on any atom is -0.341 e. The summed E-state index contributed by atoms with van der Waals surface area (Å²) in [6.45, 7) is 6.61. The Balaban J connectivity index is 2.67. The first-order chi connectivity index (χ1) is 6.74. The molecule has 0 bridgehead atoms. The molecule has 0 unspecified atom stereocenters. The Bertz CT molecular complexity index is 443. The number of aryl methyl sites for hydroxylation is 1. The molecule has 0 spiro atoms. The lowest BCUT2D eigenvalue weighted by Gasteiger charge is -2.14. The topological polar surface area (TPSA) is 17.8 Å². The highest BCUT2D eigenvalue weighted by Gasteiger charge is 2.09. The Hall–Kier alpha value is -1.31. The summed E-state index contributed by atoms with van der Waals surface area (Å²) in [5.41, 5.74) is 3.65. The predicted octanol–water partition coefficient (Wildman–Crippen LogP) is 3.32. The van der Waals surface area contributed by atoms with Gasteiger partial charge in [0.05, 0.1) is 11.0 Å². The second kappa shape index (κ2) is 3.45.